The van der Waals surface area contributed by atoms with Gasteiger partial charge in [0.2, 0.25) is 5.91 Å². The van der Waals surface area contributed by atoms with Crippen molar-refractivity contribution in [1.82, 2.24) is 0 Å². The second-order valence-corrected chi connectivity index (χ2v) is 8.87. The van der Waals surface area contributed by atoms with Crippen molar-refractivity contribution >= 4 is 34.8 Å². The smallest absolute Gasteiger partial charge is 0.258 e. The Bertz CT molecular complexity index is 1170. The number of hydrogen-bond donors (Lipinski definition) is 0. The highest BCUT2D eigenvalue weighted by molar-refractivity contribution is 6.30. The summed E-state index contributed by atoms with van der Waals surface area (Å²) in [6, 6.07) is 20.2. The summed E-state index contributed by atoms with van der Waals surface area (Å²) in [7, 11) is 1.60. The van der Waals surface area contributed by atoms with E-state index in [9.17, 15) is 9.59 Å². The van der Waals surface area contributed by atoms with Crippen LogP contribution < -0.4 is 14.5 Å². The van der Waals surface area contributed by atoms with Crippen molar-refractivity contribution in [2.45, 2.75) is 39.3 Å². The molecule has 170 valence electrons. The lowest BCUT2D eigenvalue weighted by Crippen LogP contribution is -2.47. The molecule has 0 saturated carbocycles. The first-order valence-electron chi connectivity index (χ1n) is 10.9. The highest BCUT2D eigenvalue weighted by Crippen LogP contribution is 2.43. The third-order valence-corrected chi connectivity index (χ3v) is 6.37. The van der Waals surface area contributed by atoms with Crippen LogP contribution in [0.1, 0.15) is 47.8 Å². The van der Waals surface area contributed by atoms with Gasteiger partial charge in [0.25, 0.3) is 5.91 Å². The second-order valence-electron chi connectivity index (χ2n) is 8.43. The van der Waals surface area contributed by atoms with Crippen LogP contribution in [-0.2, 0) is 4.79 Å². The predicted octanol–water partition coefficient (Wildman–Crippen LogP) is 6.19. The van der Waals surface area contributed by atoms with E-state index in [4.69, 9.17) is 16.3 Å². The van der Waals surface area contributed by atoms with E-state index in [-0.39, 0.29) is 23.9 Å². The summed E-state index contributed by atoms with van der Waals surface area (Å²) in [5.41, 5.74) is 4.21. The molecule has 5 nitrogen and oxygen atoms in total. The number of carbonyl (C=O) groups excluding carboxylic acids is 2. The topological polar surface area (TPSA) is 49.9 Å². The van der Waals surface area contributed by atoms with E-state index in [0.717, 1.165) is 22.5 Å². The Kier molecular flexibility index (Phi) is 6.43. The van der Waals surface area contributed by atoms with Gasteiger partial charge in [-0.05, 0) is 86.0 Å². The fourth-order valence-electron chi connectivity index (χ4n) is 4.55. The van der Waals surface area contributed by atoms with Gasteiger partial charge in [0.1, 0.15) is 5.75 Å². The Hall–Kier alpha value is -3.31. The van der Waals surface area contributed by atoms with Gasteiger partial charge in [-0.15, -0.1) is 0 Å². The van der Waals surface area contributed by atoms with Crippen molar-refractivity contribution in [3.8, 4) is 5.75 Å². The quantitative estimate of drug-likeness (QED) is 0.464. The fourth-order valence-corrected chi connectivity index (χ4v) is 4.67. The van der Waals surface area contributed by atoms with Crippen LogP contribution in [0.2, 0.25) is 5.02 Å². The predicted molar refractivity (Wildman–Crippen MR) is 132 cm³/mol. The lowest BCUT2D eigenvalue weighted by atomic mass is 9.88. The molecular formula is C27H27ClN2O3. The molecule has 0 fully saturated rings. The molecule has 1 heterocycles. The van der Waals surface area contributed by atoms with Crippen molar-refractivity contribution in [1.29, 1.82) is 0 Å². The highest BCUT2D eigenvalue weighted by Gasteiger charge is 2.38. The maximum atomic E-state index is 13.6. The van der Waals surface area contributed by atoms with E-state index in [1.54, 1.807) is 55.3 Å². The van der Waals surface area contributed by atoms with Crippen LogP contribution in [0.25, 0.3) is 0 Å². The number of hydrogen-bond acceptors (Lipinski definition) is 3. The van der Waals surface area contributed by atoms with Gasteiger partial charge in [-0.3, -0.25) is 9.59 Å². The molecule has 3 aromatic rings. The molecule has 2 atom stereocenters. The number of anilines is 2. The number of carbonyl (C=O) groups is 2. The number of aryl methyl sites for hydroxylation is 1. The first-order chi connectivity index (χ1) is 15.8. The number of nitrogens with zero attached hydrogens (tertiary/aromatic N) is 2. The van der Waals surface area contributed by atoms with Crippen LogP contribution in [0, 0.1) is 6.92 Å². The van der Waals surface area contributed by atoms with Crippen LogP contribution >= 0.6 is 11.6 Å². The summed E-state index contributed by atoms with van der Waals surface area (Å²) in [5.74, 6) is 0.571. The van der Waals surface area contributed by atoms with Gasteiger partial charge < -0.3 is 14.5 Å². The number of benzene rings is 3. The monoisotopic (exact) mass is 462 g/mol. The Morgan fingerprint density at radius 1 is 1.03 bits per heavy atom. The molecule has 3 aromatic carbocycles. The lowest BCUT2D eigenvalue weighted by molar-refractivity contribution is -0.117. The van der Waals surface area contributed by atoms with Gasteiger partial charge in [-0.25, -0.2) is 0 Å². The Labute approximate surface area is 199 Å². The third kappa shape index (κ3) is 4.46. The zero-order valence-electron chi connectivity index (χ0n) is 19.2. The molecule has 1 aliphatic rings. The van der Waals surface area contributed by atoms with E-state index in [1.165, 1.54) is 0 Å². The van der Waals surface area contributed by atoms with Crippen LogP contribution in [0.15, 0.2) is 66.7 Å². The lowest BCUT2D eigenvalue weighted by Gasteiger charge is -2.43. The first-order valence-corrected chi connectivity index (χ1v) is 11.3. The summed E-state index contributed by atoms with van der Waals surface area (Å²) < 4.78 is 5.23. The standard InChI is InChI=1S/C27H27ClN2O3/c1-17-5-14-24-25(15-17)29(27(32)20-6-12-23(33-4)13-7-20)18(2)16-26(24)30(19(3)31)22-10-8-21(28)9-11-22/h5-15,18,26H,16H2,1-4H3. The minimum Gasteiger partial charge on any atom is -0.497 e. The second kappa shape index (κ2) is 9.28. The van der Waals surface area contributed by atoms with Crippen molar-refractivity contribution in [3.63, 3.8) is 0 Å². The number of rotatable bonds is 4. The zero-order chi connectivity index (χ0) is 23.7. The SMILES string of the molecule is COc1ccc(C(=O)N2c3cc(C)ccc3C(N(C(C)=O)c3ccc(Cl)cc3)CC2C)cc1. The highest BCUT2D eigenvalue weighted by atomic mass is 35.5. The number of amides is 2. The Morgan fingerprint density at radius 2 is 1.70 bits per heavy atom. The van der Waals surface area contributed by atoms with Crippen LogP contribution in [0.3, 0.4) is 0 Å². The van der Waals surface area contributed by atoms with E-state index >= 15 is 0 Å². The molecule has 0 aliphatic carbocycles. The largest absolute Gasteiger partial charge is 0.497 e. The molecule has 0 saturated heterocycles. The average Bonchev–Trinajstić information content (AvgIpc) is 2.80. The molecule has 6 heteroatoms. The zero-order valence-corrected chi connectivity index (χ0v) is 20.0. The molecule has 1 aliphatic heterocycles. The van der Waals surface area contributed by atoms with E-state index in [1.807, 2.05) is 49.1 Å². The molecule has 0 radical (unpaired) electrons. The number of ether oxygens (including phenoxy) is 1. The first kappa shape index (κ1) is 22.9. The molecule has 33 heavy (non-hydrogen) atoms. The third-order valence-electron chi connectivity index (χ3n) is 6.12. The van der Waals surface area contributed by atoms with Gasteiger partial charge in [-0.1, -0.05) is 23.7 Å². The normalized spacial score (nSPS) is 17.3. The van der Waals surface area contributed by atoms with Gasteiger partial charge in [0, 0.05) is 34.9 Å². The molecule has 0 N–H and O–H groups in total. The molecule has 2 amide bonds. The van der Waals surface area contributed by atoms with Crippen molar-refractivity contribution in [2.24, 2.45) is 0 Å². The Morgan fingerprint density at radius 3 is 2.30 bits per heavy atom. The van der Waals surface area contributed by atoms with E-state index in [0.29, 0.717) is 22.8 Å². The summed E-state index contributed by atoms with van der Waals surface area (Å²) in [5, 5.41) is 0.617. The van der Waals surface area contributed by atoms with E-state index in [2.05, 4.69) is 0 Å². The van der Waals surface area contributed by atoms with Gasteiger partial charge in [0.05, 0.1) is 13.2 Å². The summed E-state index contributed by atoms with van der Waals surface area (Å²) in [4.78, 5) is 30.1. The summed E-state index contributed by atoms with van der Waals surface area (Å²) >= 11 is 6.08. The van der Waals surface area contributed by atoms with Gasteiger partial charge >= 0.3 is 0 Å². The van der Waals surface area contributed by atoms with Crippen LogP contribution in [0.5, 0.6) is 5.75 Å². The molecule has 0 spiro atoms. The van der Waals surface area contributed by atoms with Crippen molar-refractivity contribution < 1.29 is 14.3 Å². The number of fused-ring (bicyclic) bond motifs is 1. The Balaban J connectivity index is 1.78. The van der Waals surface area contributed by atoms with Crippen LogP contribution in [0.4, 0.5) is 11.4 Å². The van der Waals surface area contributed by atoms with Crippen LogP contribution in [-0.4, -0.2) is 25.0 Å². The van der Waals surface area contributed by atoms with Crippen molar-refractivity contribution in [3.05, 3.63) is 88.4 Å². The number of halogens is 1. The number of methoxy groups -OCH3 is 1. The molecule has 0 bridgehead atoms. The maximum Gasteiger partial charge on any atom is 0.258 e. The minimum atomic E-state index is -0.200. The maximum absolute atomic E-state index is 13.6. The molecule has 2 unspecified atom stereocenters. The summed E-state index contributed by atoms with van der Waals surface area (Å²) in [6.07, 6.45) is 0.611. The average molecular weight is 463 g/mol. The summed E-state index contributed by atoms with van der Waals surface area (Å²) in [6.45, 7) is 5.61. The van der Waals surface area contributed by atoms with Crippen molar-refractivity contribution in [2.75, 3.05) is 16.9 Å². The fraction of sp³-hybridized carbons (Fsp3) is 0.259. The van der Waals surface area contributed by atoms with Gasteiger partial charge in [0.15, 0.2) is 0 Å². The molecular weight excluding hydrogens is 436 g/mol. The minimum absolute atomic E-state index is 0.0593. The van der Waals surface area contributed by atoms with E-state index < -0.39 is 0 Å². The van der Waals surface area contributed by atoms with Gasteiger partial charge in [-0.2, -0.15) is 0 Å². The molecule has 4 rings (SSSR count). The molecule has 0 aromatic heterocycles.